The summed E-state index contributed by atoms with van der Waals surface area (Å²) in [6.07, 6.45) is 5.19. The van der Waals surface area contributed by atoms with Crippen molar-refractivity contribution < 1.29 is 18.7 Å². The van der Waals surface area contributed by atoms with Gasteiger partial charge in [-0.3, -0.25) is 4.90 Å². The zero-order chi connectivity index (χ0) is 40.6. The molecule has 8 rings (SSSR count). The Labute approximate surface area is 337 Å². The third-order valence-corrected chi connectivity index (χ3v) is 12.7. The predicted octanol–water partition coefficient (Wildman–Crippen LogP) is 8.49. The molecule has 0 bridgehead atoms. The summed E-state index contributed by atoms with van der Waals surface area (Å²) in [5.41, 5.74) is 4.30. The lowest BCUT2D eigenvalue weighted by molar-refractivity contribution is -0.0366. The Kier molecular flexibility index (Phi) is 10.1. The number of anilines is 1. The number of pyridine rings is 1. The molecule has 0 aliphatic carbocycles. The van der Waals surface area contributed by atoms with Crippen molar-refractivity contribution >= 4 is 56.4 Å². The van der Waals surface area contributed by atoms with Gasteiger partial charge in [0.2, 0.25) is 0 Å². The van der Waals surface area contributed by atoms with Crippen LogP contribution in [0.4, 0.5) is 15.0 Å². The second-order valence-corrected chi connectivity index (χ2v) is 17.8. The van der Waals surface area contributed by atoms with Crippen molar-refractivity contribution in [3.8, 4) is 17.2 Å². The first-order valence-corrected chi connectivity index (χ1v) is 20.5. The number of hydrogen-bond donors (Lipinski definition) is 0. The number of likely N-dealkylation sites (N-methyl/N-ethyl adjacent to an activating group) is 1. The Morgan fingerprint density at radius 3 is 2.60 bits per heavy atom. The number of nitriles is 1. The molecule has 5 aromatic rings. The minimum atomic E-state index is -0.677. The highest BCUT2D eigenvalue weighted by molar-refractivity contribution is 6.35. The van der Waals surface area contributed by atoms with Crippen LogP contribution in [0.1, 0.15) is 96.5 Å². The Bertz CT molecular complexity index is 2420. The molecule has 15 heteroatoms. The highest BCUT2D eigenvalue weighted by Crippen LogP contribution is 2.46. The summed E-state index contributed by atoms with van der Waals surface area (Å²) < 4.78 is 33.4. The summed E-state index contributed by atoms with van der Waals surface area (Å²) in [6, 6.07) is 5.50. The lowest BCUT2D eigenvalue weighted by Crippen LogP contribution is -2.68. The third-order valence-electron chi connectivity index (χ3n) is 12.4. The Hall–Kier alpha value is -4.58. The van der Waals surface area contributed by atoms with E-state index in [-0.39, 0.29) is 40.3 Å². The van der Waals surface area contributed by atoms with Crippen LogP contribution in [0.25, 0.3) is 44.0 Å². The number of piperidine rings is 1. The van der Waals surface area contributed by atoms with Crippen LogP contribution in [-0.2, 0) is 9.47 Å². The van der Waals surface area contributed by atoms with Crippen molar-refractivity contribution in [1.29, 1.82) is 5.26 Å². The van der Waals surface area contributed by atoms with Gasteiger partial charge in [-0.25, -0.2) is 23.5 Å². The smallest absolute Gasteiger partial charge is 0.410 e. The number of ether oxygens (including phenoxy) is 2. The summed E-state index contributed by atoms with van der Waals surface area (Å²) in [4.78, 5) is 24.5. The molecule has 1 unspecified atom stereocenters. The first-order valence-electron chi connectivity index (χ1n) is 20.1. The molecular weight excluding hydrogens is 747 g/mol. The summed E-state index contributed by atoms with van der Waals surface area (Å²) in [6.45, 7) is 17.1. The third kappa shape index (κ3) is 6.75. The number of fused-ring (bicyclic) bond motifs is 4. The minimum Gasteiger partial charge on any atom is -0.444 e. The van der Waals surface area contributed by atoms with Gasteiger partial charge >= 0.3 is 6.09 Å². The Morgan fingerprint density at radius 1 is 1.14 bits per heavy atom. The molecule has 3 atom stereocenters. The molecule has 3 aromatic heterocycles. The largest absolute Gasteiger partial charge is 0.444 e. The van der Waals surface area contributed by atoms with Crippen molar-refractivity contribution in [2.45, 2.75) is 116 Å². The maximum absolute atomic E-state index is 17.8. The van der Waals surface area contributed by atoms with Gasteiger partial charge in [0, 0.05) is 48.1 Å². The molecule has 0 saturated carbocycles. The molecule has 3 saturated heterocycles. The molecule has 3 aliphatic heterocycles. The standard InChI is InChI=1S/C42H52ClFN10O3/c1-9-50(8)42(7)22-51(23-42)39-37-38(53(49-48-37)27-14-16-52(26(19-27)13-15-45)40(55)57-41(4,5)6)28-20-30(43)34(35(44)36(28)47-39)33-25(3)24(2)18-31-29(33)21-46-54(31)32-12-10-11-17-56-32/h18,20-21,26-27,32H,9-14,16-17,19,22-23H2,1-8H3/t26-,27+,32?/m1/s1. The fraction of sp³-hybridized carbons (Fsp3) is 0.571. The summed E-state index contributed by atoms with van der Waals surface area (Å²) in [7, 11) is 2.11. The zero-order valence-electron chi connectivity index (χ0n) is 34.2. The van der Waals surface area contributed by atoms with E-state index in [0.717, 1.165) is 47.8 Å². The maximum Gasteiger partial charge on any atom is 0.410 e. The predicted molar refractivity (Wildman–Crippen MR) is 219 cm³/mol. The normalized spacial score (nSPS) is 21.4. The van der Waals surface area contributed by atoms with Crippen LogP contribution in [0.3, 0.4) is 0 Å². The molecular formula is C42H52ClFN10O3. The number of aryl methyl sites for hydroxylation is 1. The number of nitrogens with zero attached hydrogens (tertiary/aromatic N) is 10. The van der Waals surface area contributed by atoms with E-state index in [4.69, 9.17) is 41.5 Å². The van der Waals surface area contributed by atoms with Crippen LogP contribution in [0, 0.1) is 31.0 Å². The van der Waals surface area contributed by atoms with Gasteiger partial charge in [-0.2, -0.15) is 10.4 Å². The second-order valence-electron chi connectivity index (χ2n) is 17.4. The van der Waals surface area contributed by atoms with Gasteiger partial charge in [-0.1, -0.05) is 23.7 Å². The first kappa shape index (κ1) is 39.3. The van der Waals surface area contributed by atoms with Crippen LogP contribution in [0.5, 0.6) is 0 Å². The topological polar surface area (TPSA) is 130 Å². The van der Waals surface area contributed by atoms with E-state index in [9.17, 15) is 10.1 Å². The SMILES string of the molecule is CCN(C)C1(C)CN(c2nc3c(F)c(-c4c(C)c(C)cc5c4cnn5C4CCCCO4)c(Cl)cc3c3c2nnn3[C@H]2CCN(C(=O)OC(C)(C)C)[C@H](CC#N)C2)C1. The number of carbonyl (C=O) groups is 1. The van der Waals surface area contributed by atoms with Crippen molar-refractivity contribution in [1.82, 2.24) is 39.6 Å². The summed E-state index contributed by atoms with van der Waals surface area (Å²) in [5.74, 6) is 0.0344. The number of benzene rings is 2. The molecule has 1 amide bonds. The van der Waals surface area contributed by atoms with E-state index >= 15 is 4.39 Å². The second kappa shape index (κ2) is 14.7. The van der Waals surface area contributed by atoms with Gasteiger partial charge in [0.05, 0.1) is 46.8 Å². The van der Waals surface area contributed by atoms with Gasteiger partial charge < -0.3 is 19.3 Å². The van der Waals surface area contributed by atoms with Gasteiger partial charge in [0.1, 0.15) is 16.6 Å². The highest BCUT2D eigenvalue weighted by Gasteiger charge is 2.44. The molecule has 0 N–H and O–H groups in total. The number of halogens is 2. The molecule has 0 radical (unpaired) electrons. The highest BCUT2D eigenvalue weighted by atomic mass is 35.5. The lowest BCUT2D eigenvalue weighted by Gasteiger charge is -2.53. The molecule has 6 heterocycles. The van der Waals surface area contributed by atoms with E-state index in [1.165, 1.54) is 0 Å². The van der Waals surface area contributed by atoms with E-state index in [2.05, 4.69) is 42.8 Å². The molecule has 3 aliphatic rings. The van der Waals surface area contributed by atoms with Crippen molar-refractivity contribution in [2.75, 3.05) is 44.7 Å². The molecule has 0 spiro atoms. The van der Waals surface area contributed by atoms with Crippen LogP contribution < -0.4 is 4.90 Å². The van der Waals surface area contributed by atoms with Gasteiger partial charge in [-0.05, 0) is 110 Å². The lowest BCUT2D eigenvalue weighted by atomic mass is 9.90. The number of hydrogen-bond acceptors (Lipinski definition) is 10. The monoisotopic (exact) mass is 798 g/mol. The number of rotatable bonds is 7. The van der Waals surface area contributed by atoms with E-state index in [1.807, 2.05) is 44.0 Å². The number of carbonyl (C=O) groups excluding carboxylic acids is 1. The van der Waals surface area contributed by atoms with E-state index < -0.39 is 23.6 Å². The fourth-order valence-corrected chi connectivity index (χ4v) is 9.29. The van der Waals surface area contributed by atoms with Gasteiger partial charge in [0.25, 0.3) is 0 Å². The quantitative estimate of drug-likeness (QED) is 0.158. The zero-order valence-corrected chi connectivity index (χ0v) is 35.0. The van der Waals surface area contributed by atoms with Crippen LogP contribution in [0.2, 0.25) is 5.02 Å². The summed E-state index contributed by atoms with van der Waals surface area (Å²) in [5, 5.41) is 25.6. The molecule has 3 fully saturated rings. The average Bonchev–Trinajstić information content (AvgIpc) is 3.79. The molecule has 57 heavy (non-hydrogen) atoms. The van der Waals surface area contributed by atoms with Gasteiger partial charge in [-0.15, -0.1) is 5.10 Å². The van der Waals surface area contributed by atoms with Crippen molar-refractivity contribution in [2.24, 2.45) is 0 Å². The van der Waals surface area contributed by atoms with E-state index in [1.54, 1.807) is 17.2 Å². The minimum absolute atomic E-state index is 0.0943. The fourth-order valence-electron chi connectivity index (χ4n) is 9.01. The number of amides is 1. The average molecular weight is 799 g/mol. The molecule has 2 aromatic carbocycles. The number of aromatic nitrogens is 6. The van der Waals surface area contributed by atoms with Crippen LogP contribution in [0.15, 0.2) is 18.3 Å². The Morgan fingerprint density at radius 2 is 1.91 bits per heavy atom. The molecule has 13 nitrogen and oxygen atoms in total. The van der Waals surface area contributed by atoms with Crippen molar-refractivity contribution in [3.63, 3.8) is 0 Å². The van der Waals surface area contributed by atoms with Crippen LogP contribution in [-0.4, -0.2) is 103 Å². The first-order chi connectivity index (χ1) is 27.1. The number of likely N-dealkylation sites (tertiary alicyclic amines) is 1. The van der Waals surface area contributed by atoms with E-state index in [0.29, 0.717) is 66.9 Å². The van der Waals surface area contributed by atoms with Crippen molar-refractivity contribution in [3.05, 3.63) is 40.3 Å². The Balaban J connectivity index is 1.29. The maximum atomic E-state index is 17.8. The van der Waals surface area contributed by atoms with Gasteiger partial charge in [0.15, 0.2) is 23.4 Å². The molecule has 302 valence electrons. The van der Waals surface area contributed by atoms with Crippen LogP contribution >= 0.6 is 11.6 Å². The summed E-state index contributed by atoms with van der Waals surface area (Å²) >= 11 is 7.25.